The smallest absolute Gasteiger partial charge is 0.123 e. The number of hydrogen-bond acceptors (Lipinski definition) is 2. The Bertz CT molecular complexity index is 284. The second-order valence-electron chi connectivity index (χ2n) is 2.64. The van der Waals surface area contributed by atoms with E-state index in [0.29, 0.717) is 5.75 Å². The van der Waals surface area contributed by atoms with Crippen molar-refractivity contribution in [2.45, 2.75) is 5.75 Å². The van der Waals surface area contributed by atoms with E-state index in [1.165, 1.54) is 12.1 Å². The molecule has 1 rings (SSSR count). The van der Waals surface area contributed by atoms with E-state index in [9.17, 15) is 8.60 Å². The Morgan fingerprint density at radius 2 is 1.92 bits per heavy atom. The molecule has 0 bridgehead atoms. The van der Waals surface area contributed by atoms with Crippen LogP contribution in [-0.4, -0.2) is 21.7 Å². The summed E-state index contributed by atoms with van der Waals surface area (Å²) in [6.45, 7) is -0.0756. The van der Waals surface area contributed by atoms with E-state index in [2.05, 4.69) is 0 Å². The van der Waals surface area contributed by atoms with Gasteiger partial charge in [0.25, 0.3) is 0 Å². The van der Waals surface area contributed by atoms with Crippen LogP contribution in [0.5, 0.6) is 0 Å². The highest BCUT2D eigenvalue weighted by Crippen LogP contribution is 2.05. The zero-order chi connectivity index (χ0) is 9.68. The average Bonchev–Trinajstić information content (AvgIpc) is 2.09. The van der Waals surface area contributed by atoms with Crippen LogP contribution in [-0.2, 0) is 16.6 Å². The van der Waals surface area contributed by atoms with Gasteiger partial charge in [0.1, 0.15) is 5.82 Å². The summed E-state index contributed by atoms with van der Waals surface area (Å²) in [5.41, 5.74) is 0.827. The van der Waals surface area contributed by atoms with Crippen LogP contribution in [0.1, 0.15) is 5.56 Å². The molecule has 0 fully saturated rings. The molecule has 1 unspecified atom stereocenters. The summed E-state index contributed by atoms with van der Waals surface area (Å²) in [5, 5.41) is 8.51. The highest BCUT2D eigenvalue weighted by atomic mass is 32.2. The molecule has 1 aromatic rings. The molecule has 0 aliphatic heterocycles. The molecule has 13 heavy (non-hydrogen) atoms. The van der Waals surface area contributed by atoms with Gasteiger partial charge in [-0.1, -0.05) is 12.1 Å². The number of halogens is 1. The van der Waals surface area contributed by atoms with E-state index in [1.54, 1.807) is 12.1 Å². The first-order chi connectivity index (χ1) is 6.22. The third-order valence-electron chi connectivity index (χ3n) is 1.56. The maximum atomic E-state index is 12.5. The van der Waals surface area contributed by atoms with Gasteiger partial charge in [-0.25, -0.2) is 4.39 Å². The summed E-state index contributed by atoms with van der Waals surface area (Å²) >= 11 is 0. The third-order valence-corrected chi connectivity index (χ3v) is 2.85. The maximum absolute atomic E-state index is 12.5. The van der Waals surface area contributed by atoms with Crippen LogP contribution in [0.3, 0.4) is 0 Å². The lowest BCUT2D eigenvalue weighted by molar-refractivity contribution is 0.321. The molecule has 0 aliphatic carbocycles. The standard InChI is InChI=1S/C9H11FO2S/c10-9-3-1-8(2-4-9)7-13(12)6-5-11/h1-4,11H,5-7H2. The molecule has 4 heteroatoms. The molecule has 0 radical (unpaired) electrons. The van der Waals surface area contributed by atoms with Crippen molar-refractivity contribution in [3.05, 3.63) is 35.6 Å². The fourth-order valence-corrected chi connectivity index (χ4v) is 1.85. The Labute approximate surface area is 78.9 Å². The van der Waals surface area contributed by atoms with Gasteiger partial charge in [0.2, 0.25) is 0 Å². The van der Waals surface area contributed by atoms with E-state index in [-0.39, 0.29) is 18.2 Å². The summed E-state index contributed by atoms with van der Waals surface area (Å²) in [5.74, 6) is 0.356. The minimum absolute atomic E-state index is 0.0756. The predicted octanol–water partition coefficient (Wildman–Crippen LogP) is 1.07. The van der Waals surface area contributed by atoms with Crippen molar-refractivity contribution in [3.8, 4) is 0 Å². The Balaban J connectivity index is 2.54. The summed E-state index contributed by atoms with van der Waals surface area (Å²) in [6, 6.07) is 5.88. The zero-order valence-electron chi connectivity index (χ0n) is 7.07. The first kappa shape index (κ1) is 10.3. The van der Waals surface area contributed by atoms with Crippen LogP contribution in [0.2, 0.25) is 0 Å². The van der Waals surface area contributed by atoms with E-state index in [0.717, 1.165) is 5.56 Å². The number of rotatable bonds is 4. The minimum Gasteiger partial charge on any atom is -0.395 e. The number of aliphatic hydroxyl groups excluding tert-OH is 1. The normalized spacial score (nSPS) is 12.8. The number of benzene rings is 1. The molecule has 0 saturated carbocycles. The first-order valence-electron chi connectivity index (χ1n) is 3.92. The van der Waals surface area contributed by atoms with Crippen LogP contribution < -0.4 is 0 Å². The predicted molar refractivity (Wildman–Crippen MR) is 50.2 cm³/mol. The summed E-state index contributed by atoms with van der Waals surface area (Å²) in [6.07, 6.45) is 0. The zero-order valence-corrected chi connectivity index (χ0v) is 7.89. The van der Waals surface area contributed by atoms with Crippen molar-refractivity contribution >= 4 is 10.8 Å². The third kappa shape index (κ3) is 3.65. The Hall–Kier alpha value is -0.740. The van der Waals surface area contributed by atoms with Gasteiger partial charge >= 0.3 is 0 Å². The molecule has 1 atom stereocenters. The van der Waals surface area contributed by atoms with Crippen molar-refractivity contribution in [2.75, 3.05) is 12.4 Å². The van der Waals surface area contributed by atoms with Crippen LogP contribution in [0.15, 0.2) is 24.3 Å². The van der Waals surface area contributed by atoms with Gasteiger partial charge in [-0.05, 0) is 17.7 Å². The van der Waals surface area contributed by atoms with Crippen molar-refractivity contribution in [2.24, 2.45) is 0 Å². The molecule has 2 nitrogen and oxygen atoms in total. The molecular weight excluding hydrogens is 191 g/mol. The average molecular weight is 202 g/mol. The molecule has 0 heterocycles. The van der Waals surface area contributed by atoms with Gasteiger partial charge in [0.15, 0.2) is 0 Å². The van der Waals surface area contributed by atoms with Gasteiger partial charge in [-0.2, -0.15) is 0 Å². The largest absolute Gasteiger partial charge is 0.395 e. The first-order valence-corrected chi connectivity index (χ1v) is 5.41. The molecular formula is C9H11FO2S. The van der Waals surface area contributed by atoms with Gasteiger partial charge in [-0.3, -0.25) is 4.21 Å². The molecule has 0 aliphatic rings. The van der Waals surface area contributed by atoms with Gasteiger partial charge < -0.3 is 5.11 Å². The molecule has 72 valence electrons. The van der Waals surface area contributed by atoms with Crippen molar-refractivity contribution < 1.29 is 13.7 Å². The molecule has 0 amide bonds. The SMILES string of the molecule is O=S(CCO)Cc1ccc(F)cc1. The lowest BCUT2D eigenvalue weighted by Gasteiger charge is -1.99. The highest BCUT2D eigenvalue weighted by Gasteiger charge is 2.00. The van der Waals surface area contributed by atoms with Gasteiger partial charge in [0.05, 0.1) is 6.61 Å². The fourth-order valence-electron chi connectivity index (χ4n) is 0.941. The number of aliphatic hydroxyl groups is 1. The van der Waals surface area contributed by atoms with E-state index >= 15 is 0 Å². The Kier molecular flexibility index (Phi) is 4.05. The molecule has 0 aromatic heterocycles. The second kappa shape index (κ2) is 5.09. The topological polar surface area (TPSA) is 37.3 Å². The monoisotopic (exact) mass is 202 g/mol. The van der Waals surface area contributed by atoms with Crippen molar-refractivity contribution in [1.82, 2.24) is 0 Å². The number of hydrogen-bond donors (Lipinski definition) is 1. The molecule has 1 aromatic carbocycles. The van der Waals surface area contributed by atoms with Crippen molar-refractivity contribution in [1.29, 1.82) is 0 Å². The summed E-state index contributed by atoms with van der Waals surface area (Å²) < 4.78 is 23.6. The van der Waals surface area contributed by atoms with Crippen molar-refractivity contribution in [3.63, 3.8) is 0 Å². The lowest BCUT2D eigenvalue weighted by atomic mass is 10.2. The van der Waals surface area contributed by atoms with Crippen LogP contribution >= 0.6 is 0 Å². The molecule has 0 saturated heterocycles. The van der Waals surface area contributed by atoms with Crippen LogP contribution in [0.4, 0.5) is 4.39 Å². The summed E-state index contributed by atoms with van der Waals surface area (Å²) in [4.78, 5) is 0. The molecule has 1 N–H and O–H groups in total. The highest BCUT2D eigenvalue weighted by molar-refractivity contribution is 7.84. The Morgan fingerprint density at radius 3 is 2.46 bits per heavy atom. The summed E-state index contributed by atoms with van der Waals surface area (Å²) in [7, 11) is -1.05. The van der Waals surface area contributed by atoms with E-state index < -0.39 is 10.8 Å². The Morgan fingerprint density at radius 1 is 1.31 bits per heavy atom. The lowest BCUT2D eigenvalue weighted by Crippen LogP contribution is -2.04. The van der Waals surface area contributed by atoms with E-state index in [1.807, 2.05) is 0 Å². The van der Waals surface area contributed by atoms with Gasteiger partial charge in [-0.15, -0.1) is 0 Å². The van der Waals surface area contributed by atoms with Crippen LogP contribution in [0, 0.1) is 5.82 Å². The maximum Gasteiger partial charge on any atom is 0.123 e. The quantitative estimate of drug-likeness (QED) is 0.793. The minimum atomic E-state index is -1.05. The van der Waals surface area contributed by atoms with Gasteiger partial charge in [0, 0.05) is 22.3 Å². The van der Waals surface area contributed by atoms with Crippen LogP contribution in [0.25, 0.3) is 0 Å². The fraction of sp³-hybridized carbons (Fsp3) is 0.333. The second-order valence-corrected chi connectivity index (χ2v) is 4.21. The molecule has 0 spiro atoms. The van der Waals surface area contributed by atoms with E-state index in [4.69, 9.17) is 5.11 Å².